The maximum atomic E-state index is 9.67. The molecule has 0 bridgehead atoms. The molecule has 2 aliphatic rings. The standard InChI is InChI=1S/C15H14N2O3S/c1-19-11-3-2-9(10-4-7-20-14(10)11)13-12(8-18)21-15-16-5-6-17(13)15/h2-4,7,18H,5-6,8H2,1H3. The van der Waals surface area contributed by atoms with E-state index in [9.17, 15) is 5.11 Å². The van der Waals surface area contributed by atoms with E-state index in [0.717, 1.165) is 45.4 Å². The summed E-state index contributed by atoms with van der Waals surface area (Å²) in [5.41, 5.74) is 2.81. The van der Waals surface area contributed by atoms with E-state index in [0.29, 0.717) is 5.75 Å². The van der Waals surface area contributed by atoms with Gasteiger partial charge in [0.05, 0.1) is 32.2 Å². The molecule has 0 saturated heterocycles. The van der Waals surface area contributed by atoms with E-state index in [-0.39, 0.29) is 6.61 Å². The number of furan rings is 1. The minimum atomic E-state index is 0.0148. The topological polar surface area (TPSA) is 58.2 Å². The molecule has 2 aromatic rings. The number of methoxy groups -OCH3 is 1. The van der Waals surface area contributed by atoms with E-state index in [1.54, 1.807) is 25.1 Å². The Morgan fingerprint density at radius 2 is 2.33 bits per heavy atom. The van der Waals surface area contributed by atoms with Crippen molar-refractivity contribution in [2.24, 2.45) is 4.99 Å². The predicted octanol–water partition coefficient (Wildman–Crippen LogP) is 2.52. The minimum absolute atomic E-state index is 0.0148. The number of aliphatic imine (C=N–C) groups is 1. The minimum Gasteiger partial charge on any atom is -0.493 e. The van der Waals surface area contributed by atoms with Crippen LogP contribution < -0.4 is 4.74 Å². The van der Waals surface area contributed by atoms with Gasteiger partial charge in [0.15, 0.2) is 16.5 Å². The lowest BCUT2D eigenvalue weighted by molar-refractivity contribution is 0.339. The summed E-state index contributed by atoms with van der Waals surface area (Å²) in [6.45, 7) is 1.67. The van der Waals surface area contributed by atoms with Crippen molar-refractivity contribution in [3.05, 3.63) is 34.9 Å². The summed E-state index contributed by atoms with van der Waals surface area (Å²) in [6, 6.07) is 5.85. The Morgan fingerprint density at radius 3 is 3.14 bits per heavy atom. The van der Waals surface area contributed by atoms with Crippen LogP contribution >= 0.6 is 11.8 Å². The molecule has 1 aromatic heterocycles. The Hall–Kier alpha value is -1.92. The van der Waals surface area contributed by atoms with Crippen LogP contribution in [-0.4, -0.2) is 42.0 Å². The number of aliphatic hydroxyl groups is 1. The van der Waals surface area contributed by atoms with Crippen molar-refractivity contribution in [2.75, 3.05) is 26.8 Å². The van der Waals surface area contributed by atoms with Crippen LogP contribution in [0.1, 0.15) is 5.56 Å². The zero-order valence-electron chi connectivity index (χ0n) is 11.5. The van der Waals surface area contributed by atoms with Crippen molar-refractivity contribution in [2.45, 2.75) is 0 Å². The first-order valence-corrected chi connectivity index (χ1v) is 7.53. The summed E-state index contributed by atoms with van der Waals surface area (Å²) in [5, 5.41) is 11.6. The van der Waals surface area contributed by atoms with Crippen molar-refractivity contribution < 1.29 is 14.3 Å². The fourth-order valence-corrected chi connectivity index (χ4v) is 3.89. The monoisotopic (exact) mass is 302 g/mol. The van der Waals surface area contributed by atoms with Crippen molar-refractivity contribution in [1.82, 2.24) is 4.90 Å². The van der Waals surface area contributed by atoms with Crippen molar-refractivity contribution in [3.8, 4) is 5.75 Å². The maximum absolute atomic E-state index is 9.67. The van der Waals surface area contributed by atoms with Crippen molar-refractivity contribution in [3.63, 3.8) is 0 Å². The van der Waals surface area contributed by atoms with Gasteiger partial charge in [-0.25, -0.2) is 0 Å². The average molecular weight is 302 g/mol. The van der Waals surface area contributed by atoms with Gasteiger partial charge >= 0.3 is 0 Å². The zero-order chi connectivity index (χ0) is 14.4. The lowest BCUT2D eigenvalue weighted by atomic mass is 10.1. The lowest BCUT2D eigenvalue weighted by Crippen LogP contribution is -2.20. The normalized spacial score (nSPS) is 17.6. The molecule has 0 spiro atoms. The van der Waals surface area contributed by atoms with Gasteiger partial charge in [0.1, 0.15) is 0 Å². The van der Waals surface area contributed by atoms with Gasteiger partial charge < -0.3 is 19.2 Å². The molecule has 6 heteroatoms. The van der Waals surface area contributed by atoms with Crippen LogP contribution in [0.3, 0.4) is 0 Å². The quantitative estimate of drug-likeness (QED) is 0.944. The first kappa shape index (κ1) is 12.8. The van der Waals surface area contributed by atoms with Gasteiger partial charge in [-0.3, -0.25) is 4.99 Å². The molecule has 0 unspecified atom stereocenters. The van der Waals surface area contributed by atoms with Crippen LogP contribution in [0, 0.1) is 0 Å². The van der Waals surface area contributed by atoms with Crippen LogP contribution in [0.2, 0.25) is 0 Å². The molecule has 5 nitrogen and oxygen atoms in total. The van der Waals surface area contributed by atoms with E-state index < -0.39 is 0 Å². The molecule has 0 saturated carbocycles. The highest BCUT2D eigenvalue weighted by molar-refractivity contribution is 8.17. The fourth-order valence-electron chi connectivity index (χ4n) is 2.84. The van der Waals surface area contributed by atoms with Crippen molar-refractivity contribution in [1.29, 1.82) is 0 Å². The summed E-state index contributed by atoms with van der Waals surface area (Å²) in [6.07, 6.45) is 1.66. The molecular weight excluding hydrogens is 288 g/mol. The second-order valence-electron chi connectivity index (χ2n) is 4.83. The molecule has 0 amide bonds. The Morgan fingerprint density at radius 1 is 1.43 bits per heavy atom. The highest BCUT2D eigenvalue weighted by Crippen LogP contribution is 2.44. The van der Waals surface area contributed by atoms with Gasteiger partial charge in [0, 0.05) is 22.4 Å². The number of aliphatic hydroxyl groups excluding tert-OH is 1. The smallest absolute Gasteiger partial charge is 0.176 e. The molecule has 2 aliphatic heterocycles. The highest BCUT2D eigenvalue weighted by Gasteiger charge is 2.33. The van der Waals surface area contributed by atoms with Gasteiger partial charge in [-0.1, -0.05) is 11.8 Å². The summed E-state index contributed by atoms with van der Waals surface area (Å²) in [5.74, 6) is 0.714. The van der Waals surface area contributed by atoms with Gasteiger partial charge in [0.25, 0.3) is 0 Å². The van der Waals surface area contributed by atoms with Crippen LogP contribution in [0.15, 0.2) is 38.8 Å². The summed E-state index contributed by atoms with van der Waals surface area (Å²) >= 11 is 1.55. The summed E-state index contributed by atoms with van der Waals surface area (Å²) in [4.78, 5) is 7.58. The molecule has 4 rings (SSSR count). The number of amidine groups is 1. The van der Waals surface area contributed by atoms with E-state index in [1.807, 2.05) is 18.2 Å². The SMILES string of the molecule is COc1ccc(C2=C(CO)SC3=NCCN32)c2ccoc12. The maximum Gasteiger partial charge on any atom is 0.176 e. The number of hydrogen-bond donors (Lipinski definition) is 1. The first-order valence-electron chi connectivity index (χ1n) is 6.72. The first-order chi connectivity index (χ1) is 10.3. The third kappa shape index (κ3) is 1.79. The summed E-state index contributed by atoms with van der Waals surface area (Å²) < 4.78 is 10.9. The molecule has 108 valence electrons. The average Bonchev–Trinajstić information content (AvgIpc) is 3.20. The zero-order valence-corrected chi connectivity index (χ0v) is 12.3. The predicted molar refractivity (Wildman–Crippen MR) is 83.4 cm³/mol. The summed E-state index contributed by atoms with van der Waals surface area (Å²) in [7, 11) is 1.63. The molecule has 1 aromatic carbocycles. The molecule has 3 heterocycles. The highest BCUT2D eigenvalue weighted by atomic mass is 32.2. The third-order valence-corrected chi connectivity index (χ3v) is 4.85. The number of fused-ring (bicyclic) bond motifs is 2. The number of benzene rings is 1. The Balaban J connectivity index is 1.93. The van der Waals surface area contributed by atoms with Gasteiger partial charge in [-0.2, -0.15) is 0 Å². The molecular formula is C15H14N2O3S. The van der Waals surface area contributed by atoms with Crippen LogP contribution in [0.5, 0.6) is 5.75 Å². The number of thioether (sulfide) groups is 1. The molecule has 0 atom stereocenters. The Labute approximate surface area is 125 Å². The van der Waals surface area contributed by atoms with Gasteiger partial charge in [-0.05, 0) is 18.2 Å². The molecule has 0 fully saturated rings. The molecule has 1 N–H and O–H groups in total. The van der Waals surface area contributed by atoms with E-state index in [4.69, 9.17) is 9.15 Å². The van der Waals surface area contributed by atoms with Crippen LogP contribution in [0.25, 0.3) is 16.7 Å². The molecule has 0 radical (unpaired) electrons. The Bertz CT molecular complexity index is 778. The second kappa shape index (κ2) is 4.82. The van der Waals surface area contributed by atoms with Crippen molar-refractivity contribution >= 4 is 33.6 Å². The third-order valence-electron chi connectivity index (χ3n) is 3.75. The number of hydrogen-bond acceptors (Lipinski definition) is 6. The van der Waals surface area contributed by atoms with Gasteiger partial charge in [0.2, 0.25) is 0 Å². The lowest BCUT2D eigenvalue weighted by Gasteiger charge is -2.18. The van der Waals surface area contributed by atoms with E-state index in [2.05, 4.69) is 9.89 Å². The molecule has 21 heavy (non-hydrogen) atoms. The number of ether oxygens (including phenoxy) is 1. The number of rotatable bonds is 3. The van der Waals surface area contributed by atoms with Crippen LogP contribution in [-0.2, 0) is 0 Å². The van der Waals surface area contributed by atoms with E-state index >= 15 is 0 Å². The second-order valence-corrected chi connectivity index (χ2v) is 5.89. The van der Waals surface area contributed by atoms with E-state index in [1.165, 1.54) is 0 Å². The largest absolute Gasteiger partial charge is 0.493 e. The molecule has 0 aliphatic carbocycles. The number of nitrogens with zero attached hydrogens (tertiary/aromatic N) is 2. The van der Waals surface area contributed by atoms with Gasteiger partial charge in [-0.15, -0.1) is 0 Å². The fraction of sp³-hybridized carbons (Fsp3) is 0.267. The van der Waals surface area contributed by atoms with Crippen LogP contribution in [0.4, 0.5) is 0 Å². The Kier molecular flexibility index (Phi) is 2.94.